The molecule has 8 aliphatic carbocycles. The van der Waals surface area contributed by atoms with Gasteiger partial charge >= 0.3 is 0 Å². The molecular weight excluding hydrogens is 817 g/mol. The Hall–Kier alpha value is -2.68. The molecule has 8 fully saturated rings. The zero-order chi connectivity index (χ0) is 47.1. The molecule has 0 aromatic heterocycles. The van der Waals surface area contributed by atoms with Gasteiger partial charge in [0.1, 0.15) is 13.2 Å². The summed E-state index contributed by atoms with van der Waals surface area (Å²) in [6, 6.07) is 0. The fourth-order valence-electron chi connectivity index (χ4n) is 15.7. The smallest absolute Gasteiger partial charge is 0.193 e. The minimum absolute atomic E-state index is 0. The van der Waals surface area contributed by atoms with Crippen LogP contribution in [0.1, 0.15) is 138 Å². The predicted molar refractivity (Wildman–Crippen MR) is 239 cm³/mol. The van der Waals surface area contributed by atoms with E-state index in [4.69, 9.17) is 23.1 Å². The Morgan fingerprint density at radius 2 is 1.22 bits per heavy atom. The van der Waals surface area contributed by atoms with Crippen LogP contribution in [0.5, 0.6) is 0 Å². The molecule has 0 radical (unpaired) electrons. The Morgan fingerprint density at radius 1 is 0.734 bits per heavy atom. The predicted octanol–water partition coefficient (Wildman–Crippen LogP) is 6.71. The van der Waals surface area contributed by atoms with Crippen LogP contribution in [0.2, 0.25) is 0 Å². The number of ketones is 4. The van der Waals surface area contributed by atoms with Crippen LogP contribution >= 0.6 is 0 Å². The summed E-state index contributed by atoms with van der Waals surface area (Å²) >= 11 is 0. The van der Waals surface area contributed by atoms with E-state index in [9.17, 15) is 39.6 Å². The van der Waals surface area contributed by atoms with Gasteiger partial charge in [-0.15, -0.1) is 0 Å². The highest BCUT2D eigenvalue weighted by molar-refractivity contribution is 6.01. The third-order valence-electron chi connectivity index (χ3n) is 18.2. The fourth-order valence-corrected chi connectivity index (χ4v) is 15.7. The maximum atomic E-state index is 13.3. The lowest BCUT2D eigenvalue weighted by Crippen LogP contribution is -2.63. The van der Waals surface area contributed by atoms with Crippen molar-refractivity contribution in [3.63, 3.8) is 0 Å². The number of carbonyl (C=O) groups is 4. The van der Waals surface area contributed by atoms with Gasteiger partial charge in [0.05, 0.1) is 25.8 Å². The second kappa shape index (κ2) is 17.1. The van der Waals surface area contributed by atoms with E-state index in [1.54, 1.807) is 18.2 Å². The third-order valence-corrected chi connectivity index (χ3v) is 18.2. The maximum absolute atomic E-state index is 13.3. The van der Waals surface area contributed by atoms with E-state index >= 15 is 0 Å². The number of aliphatic hydroxyl groups excluding tert-OH is 4. The normalized spacial score (nSPS) is 51.4. The SMILES string of the molecule is C.C.[2H]C1(CCC)O[C@@H]2C[C@H]3[C@@H]4CCC5=CC(=O)C=C[C@]5(C)[C@H]4[C@@H](O)C[C@]3(C)[C@]2(C(=O)CO)O1.[2H]C1([2H])C[C@@H]2[C@H]([C@@H](O)C[C@@]3(C)[C@H]2C[C@H]2OC(CCC)O[C@]23C(=O)CO)[C@@]2(C)C=CC(=O)C=C12. The summed E-state index contributed by atoms with van der Waals surface area (Å²) < 4.78 is 51.3. The van der Waals surface area contributed by atoms with E-state index in [0.717, 1.165) is 24.8 Å². The number of Topliss-reactive ketones (excluding diaryl/α,β-unsaturated/α-hetero) is 2. The summed E-state index contributed by atoms with van der Waals surface area (Å²) in [6.45, 7) is 10.6. The number of fused-ring (bicyclic) bond motifs is 14. The Morgan fingerprint density at radius 3 is 1.75 bits per heavy atom. The van der Waals surface area contributed by atoms with Gasteiger partial charge in [-0.25, -0.2) is 0 Å². The Balaban J connectivity index is 0.000000193. The van der Waals surface area contributed by atoms with Crippen LogP contribution in [0.15, 0.2) is 47.6 Å². The molecule has 12 nitrogen and oxygen atoms in total. The Bertz CT molecular complexity index is 2160. The first-order valence-corrected chi connectivity index (χ1v) is 23.2. The van der Waals surface area contributed by atoms with Crippen molar-refractivity contribution in [2.45, 2.75) is 182 Å². The first-order valence-electron chi connectivity index (χ1n) is 24.7. The molecule has 18 atom stereocenters. The van der Waals surface area contributed by atoms with Crippen molar-refractivity contribution in [1.82, 2.24) is 0 Å². The Labute approximate surface area is 384 Å². The molecule has 6 saturated carbocycles. The van der Waals surface area contributed by atoms with Crippen molar-refractivity contribution in [1.29, 1.82) is 0 Å². The molecule has 4 N–H and O–H groups in total. The number of carbonyl (C=O) groups excluding carboxylic acids is 4. The number of aliphatic hydroxyl groups is 4. The molecule has 2 unspecified atom stereocenters. The molecular formula is C52H76O12. The maximum Gasteiger partial charge on any atom is 0.193 e. The lowest BCUT2D eigenvalue weighted by Gasteiger charge is -2.59. The van der Waals surface area contributed by atoms with Crippen LogP contribution in [0.3, 0.4) is 0 Å². The lowest BCUT2D eigenvalue weighted by molar-refractivity contribution is -0.200. The average molecular weight is 896 g/mol. The minimum atomic E-state index is -1.72. The summed E-state index contributed by atoms with van der Waals surface area (Å²) in [5, 5.41) is 42.9. The molecule has 0 aromatic carbocycles. The molecule has 12 heteroatoms. The molecule has 0 bridgehead atoms. The van der Waals surface area contributed by atoms with Crippen LogP contribution in [0.25, 0.3) is 0 Å². The monoisotopic (exact) mass is 896 g/mol. The number of ether oxygens (including phenoxy) is 4. The molecule has 64 heavy (non-hydrogen) atoms. The number of allylic oxidation sites excluding steroid dienone is 8. The van der Waals surface area contributed by atoms with E-state index in [2.05, 4.69) is 6.92 Å². The van der Waals surface area contributed by atoms with E-state index in [1.165, 1.54) is 12.2 Å². The van der Waals surface area contributed by atoms with E-state index in [1.807, 2.05) is 40.7 Å². The summed E-state index contributed by atoms with van der Waals surface area (Å²) in [6.07, 6.45) is 9.35. The standard InChI is InChI=1S/2C25H34O6.2CH4/c2*1-4-5-21-30-20-11-17-16-7-6-14-10-15(27)8-9-23(14,2)22(16)18(28)12-24(17,3)25(20,31-21)19(29)13-26;;/h2*8-10,16-18,20-22,26,28H,4-7,11-13H2,1-3H3;2*1H4/t2*16-,17-,18-,20+,21?,22+,23-,24-,25+;;/m00../s1/i21D;6D2;;. The summed E-state index contributed by atoms with van der Waals surface area (Å²) in [7, 11) is 0. The van der Waals surface area contributed by atoms with E-state index < -0.39 is 101 Å². The topological polar surface area (TPSA) is 186 Å². The number of hydrogen-bond donors (Lipinski definition) is 4. The zero-order valence-electron chi connectivity index (χ0n) is 40.1. The van der Waals surface area contributed by atoms with Crippen LogP contribution in [-0.2, 0) is 38.1 Å². The first-order chi connectivity index (χ1) is 30.5. The van der Waals surface area contributed by atoms with Gasteiger partial charge in [-0.2, -0.15) is 0 Å². The van der Waals surface area contributed by atoms with Crippen molar-refractivity contribution in [3.05, 3.63) is 47.6 Å². The lowest BCUT2D eigenvalue weighted by atomic mass is 9.46. The molecule has 0 spiro atoms. The summed E-state index contributed by atoms with van der Waals surface area (Å²) in [5.41, 5.74) is -4.00. The number of hydrogen-bond acceptors (Lipinski definition) is 12. The molecule has 0 aromatic rings. The van der Waals surface area contributed by atoms with E-state index in [0.29, 0.717) is 44.1 Å². The van der Waals surface area contributed by atoms with Crippen LogP contribution in [0, 0.1) is 57.2 Å². The average Bonchev–Trinajstić information content (AvgIpc) is 3.90. The van der Waals surface area contributed by atoms with Gasteiger partial charge in [-0.1, -0.05) is 92.5 Å². The van der Waals surface area contributed by atoms with Crippen molar-refractivity contribution < 1.29 is 62.7 Å². The van der Waals surface area contributed by atoms with Crippen LogP contribution in [0.4, 0.5) is 0 Å². The van der Waals surface area contributed by atoms with E-state index in [-0.39, 0.29) is 74.8 Å². The molecule has 356 valence electrons. The molecule has 2 saturated heterocycles. The van der Waals surface area contributed by atoms with Gasteiger partial charge < -0.3 is 39.4 Å². The second-order valence-corrected chi connectivity index (χ2v) is 21.1. The molecule has 2 aliphatic heterocycles. The summed E-state index contributed by atoms with van der Waals surface area (Å²) in [4.78, 5) is 50.7. The highest BCUT2D eigenvalue weighted by Crippen LogP contribution is 2.71. The number of rotatable bonds is 8. The highest BCUT2D eigenvalue weighted by Gasteiger charge is 2.77. The molecule has 2 heterocycles. The van der Waals surface area contributed by atoms with Crippen molar-refractivity contribution in [3.8, 4) is 0 Å². The Kier molecular flexibility index (Phi) is 12.1. The van der Waals surface area contributed by atoms with Crippen molar-refractivity contribution in [2.75, 3.05) is 13.2 Å². The van der Waals surface area contributed by atoms with Gasteiger partial charge in [0, 0.05) is 36.2 Å². The summed E-state index contributed by atoms with van der Waals surface area (Å²) in [5.74, 6) is -1.66. The van der Waals surface area contributed by atoms with Gasteiger partial charge in [-0.05, 0) is 112 Å². The highest BCUT2D eigenvalue weighted by atomic mass is 16.8. The fraction of sp³-hybridized carbons (Fsp3) is 0.769. The van der Waals surface area contributed by atoms with Gasteiger partial charge in [-0.3, -0.25) is 19.2 Å². The van der Waals surface area contributed by atoms with Crippen LogP contribution in [-0.4, -0.2) is 105 Å². The van der Waals surface area contributed by atoms with Crippen molar-refractivity contribution >= 4 is 23.1 Å². The molecule has 0 amide bonds. The quantitative estimate of drug-likeness (QED) is 0.202. The zero-order valence-corrected chi connectivity index (χ0v) is 37.1. The van der Waals surface area contributed by atoms with Crippen LogP contribution < -0.4 is 0 Å². The third kappa shape index (κ3) is 6.56. The molecule has 10 rings (SSSR count). The largest absolute Gasteiger partial charge is 0.393 e. The van der Waals surface area contributed by atoms with Gasteiger partial charge in [0.2, 0.25) is 0 Å². The van der Waals surface area contributed by atoms with Crippen molar-refractivity contribution in [2.24, 2.45) is 57.2 Å². The van der Waals surface area contributed by atoms with Gasteiger partial charge in [0.25, 0.3) is 0 Å². The minimum Gasteiger partial charge on any atom is -0.393 e. The molecule has 10 aliphatic rings. The van der Waals surface area contributed by atoms with Gasteiger partial charge in [0.15, 0.2) is 46.9 Å². The first kappa shape index (κ1) is 45.1. The second-order valence-electron chi connectivity index (χ2n) is 21.1.